The van der Waals surface area contributed by atoms with Crippen LogP contribution in [0.15, 0.2) is 29.3 Å². The Kier molecular flexibility index (Phi) is 1.81. The molecule has 0 spiro atoms. The van der Waals surface area contributed by atoms with Gasteiger partial charge >= 0.3 is 0 Å². The first-order chi connectivity index (χ1) is 6.17. The predicted molar refractivity (Wildman–Crippen MR) is 55.4 cm³/mol. The highest BCUT2D eigenvalue weighted by molar-refractivity contribution is 5.79. The molecule has 0 saturated heterocycles. The molecule has 1 heterocycles. The Morgan fingerprint density at radius 3 is 2.85 bits per heavy atom. The van der Waals surface area contributed by atoms with E-state index in [0.717, 1.165) is 11.4 Å². The number of fused-ring (bicyclic) bond motifs is 1. The van der Waals surface area contributed by atoms with Crippen molar-refractivity contribution in [1.82, 2.24) is 5.43 Å². The van der Waals surface area contributed by atoms with Gasteiger partial charge in [-0.1, -0.05) is 12.1 Å². The fourth-order valence-corrected chi connectivity index (χ4v) is 1.18. The van der Waals surface area contributed by atoms with Crippen molar-refractivity contribution in [3.63, 3.8) is 0 Å². The maximum Gasteiger partial charge on any atom is 0.0871 e. The molecule has 68 valence electrons. The third kappa shape index (κ3) is 1.70. The predicted octanol–water partition coefficient (Wildman–Crippen LogP) is 2.10. The van der Waals surface area contributed by atoms with E-state index in [1.54, 1.807) is 0 Å². The lowest BCUT2D eigenvalue weighted by Crippen LogP contribution is -2.43. The average molecular weight is 175 g/mol. The van der Waals surface area contributed by atoms with Crippen LogP contribution in [0.3, 0.4) is 0 Å². The van der Waals surface area contributed by atoms with Crippen LogP contribution in [0.25, 0.3) is 0 Å². The molecule has 0 bridgehead atoms. The summed E-state index contributed by atoms with van der Waals surface area (Å²) in [6.45, 7) is 4.13. The van der Waals surface area contributed by atoms with Gasteiger partial charge in [-0.05, 0) is 26.0 Å². The van der Waals surface area contributed by atoms with E-state index in [-0.39, 0.29) is 5.54 Å². The zero-order chi connectivity index (χ0) is 9.31. The second-order valence-corrected chi connectivity index (χ2v) is 3.75. The fraction of sp³-hybridized carbons (Fsp3) is 0.300. The van der Waals surface area contributed by atoms with Crippen molar-refractivity contribution in [1.29, 1.82) is 0 Å². The maximum absolute atomic E-state index is 4.39. The number of nitrogens with one attached hydrogen (secondary N) is 2. The molecule has 0 aromatic heterocycles. The van der Waals surface area contributed by atoms with Gasteiger partial charge in [-0.3, -0.25) is 4.99 Å². The average Bonchev–Trinajstić information content (AvgIpc) is 2.27. The van der Waals surface area contributed by atoms with Gasteiger partial charge in [0.15, 0.2) is 0 Å². The molecule has 1 aliphatic heterocycles. The van der Waals surface area contributed by atoms with Crippen molar-refractivity contribution >= 4 is 17.6 Å². The molecule has 0 amide bonds. The fourth-order valence-electron chi connectivity index (χ4n) is 1.18. The molecule has 2 rings (SSSR count). The van der Waals surface area contributed by atoms with Crippen molar-refractivity contribution in [2.45, 2.75) is 19.4 Å². The minimum absolute atomic E-state index is 0.112. The lowest BCUT2D eigenvalue weighted by atomic mass is 10.1. The molecule has 2 N–H and O–H groups in total. The van der Waals surface area contributed by atoms with Gasteiger partial charge in [-0.2, -0.15) is 0 Å². The van der Waals surface area contributed by atoms with Crippen molar-refractivity contribution < 1.29 is 0 Å². The number of rotatable bonds is 0. The van der Waals surface area contributed by atoms with Crippen LogP contribution < -0.4 is 10.9 Å². The van der Waals surface area contributed by atoms with E-state index in [4.69, 9.17) is 0 Å². The Hall–Kier alpha value is -1.35. The lowest BCUT2D eigenvalue weighted by molar-refractivity contribution is 0.572. The summed E-state index contributed by atoms with van der Waals surface area (Å²) in [5.74, 6) is 0. The van der Waals surface area contributed by atoms with E-state index in [9.17, 15) is 0 Å². The third-order valence-corrected chi connectivity index (χ3v) is 1.95. The summed E-state index contributed by atoms with van der Waals surface area (Å²) in [7, 11) is 0. The largest absolute Gasteiger partial charge is 0.319 e. The highest BCUT2D eigenvalue weighted by Crippen LogP contribution is 2.25. The van der Waals surface area contributed by atoms with E-state index >= 15 is 0 Å². The Labute approximate surface area is 77.9 Å². The molecule has 13 heavy (non-hydrogen) atoms. The molecule has 0 radical (unpaired) electrons. The monoisotopic (exact) mass is 175 g/mol. The highest BCUT2D eigenvalue weighted by atomic mass is 15.4. The van der Waals surface area contributed by atoms with Gasteiger partial charge in [0.25, 0.3) is 0 Å². The van der Waals surface area contributed by atoms with Crippen LogP contribution in [0.5, 0.6) is 0 Å². The van der Waals surface area contributed by atoms with Gasteiger partial charge in [0, 0.05) is 6.21 Å². The van der Waals surface area contributed by atoms with Crippen molar-refractivity contribution in [2.75, 3.05) is 5.43 Å². The SMILES string of the molecule is CC1(C)C=Nc2ccccc2NN1. The Balaban J connectivity index is 2.39. The molecule has 1 aromatic rings. The number of benzene rings is 1. The number of para-hydroxylation sites is 2. The molecule has 0 aliphatic carbocycles. The van der Waals surface area contributed by atoms with Gasteiger partial charge in [0.1, 0.15) is 0 Å². The van der Waals surface area contributed by atoms with Crippen LogP contribution in [0.1, 0.15) is 13.8 Å². The van der Waals surface area contributed by atoms with Gasteiger partial charge < -0.3 is 5.43 Å². The summed E-state index contributed by atoms with van der Waals surface area (Å²) >= 11 is 0. The summed E-state index contributed by atoms with van der Waals surface area (Å²) in [6, 6.07) is 7.96. The molecule has 0 unspecified atom stereocenters. The summed E-state index contributed by atoms with van der Waals surface area (Å²) in [4.78, 5) is 4.39. The summed E-state index contributed by atoms with van der Waals surface area (Å²) in [5, 5.41) is 0. The number of nitrogens with zero attached hydrogens (tertiary/aromatic N) is 1. The van der Waals surface area contributed by atoms with Crippen LogP contribution in [0, 0.1) is 0 Å². The van der Waals surface area contributed by atoms with E-state index in [0.29, 0.717) is 0 Å². The lowest BCUT2D eigenvalue weighted by Gasteiger charge is -2.19. The molecule has 1 aromatic carbocycles. The number of anilines is 1. The molecule has 0 saturated carbocycles. The van der Waals surface area contributed by atoms with Crippen LogP contribution >= 0.6 is 0 Å². The van der Waals surface area contributed by atoms with Crippen LogP contribution in [0.2, 0.25) is 0 Å². The molecule has 0 atom stereocenters. The van der Waals surface area contributed by atoms with Gasteiger partial charge in [-0.15, -0.1) is 0 Å². The zero-order valence-electron chi connectivity index (χ0n) is 7.83. The smallest absolute Gasteiger partial charge is 0.0871 e. The van der Waals surface area contributed by atoms with Crippen LogP contribution in [-0.4, -0.2) is 11.8 Å². The first-order valence-corrected chi connectivity index (χ1v) is 4.35. The molecule has 3 heteroatoms. The standard InChI is InChI=1S/C10H13N3/c1-10(2)7-11-8-5-3-4-6-9(8)12-13-10/h3-7,12-13H,1-2H3. The van der Waals surface area contributed by atoms with Crippen molar-refractivity contribution in [3.05, 3.63) is 24.3 Å². The van der Waals surface area contributed by atoms with Crippen molar-refractivity contribution in [2.24, 2.45) is 4.99 Å². The number of hydrogen-bond donors (Lipinski definition) is 2. The Morgan fingerprint density at radius 2 is 2.00 bits per heavy atom. The van der Waals surface area contributed by atoms with Gasteiger partial charge in [0.2, 0.25) is 0 Å². The number of hydrogen-bond acceptors (Lipinski definition) is 3. The molecular formula is C10H13N3. The van der Waals surface area contributed by atoms with E-state index in [1.165, 1.54) is 0 Å². The number of hydrazine groups is 1. The van der Waals surface area contributed by atoms with Crippen molar-refractivity contribution in [3.8, 4) is 0 Å². The normalized spacial score (nSPS) is 18.6. The van der Waals surface area contributed by atoms with E-state index in [2.05, 4.69) is 29.7 Å². The summed E-state index contributed by atoms with van der Waals surface area (Å²) in [5.41, 5.74) is 8.20. The molecule has 0 fully saturated rings. The Bertz CT molecular complexity index is 342. The third-order valence-electron chi connectivity index (χ3n) is 1.95. The van der Waals surface area contributed by atoms with E-state index in [1.807, 2.05) is 30.5 Å². The first-order valence-electron chi connectivity index (χ1n) is 4.35. The zero-order valence-corrected chi connectivity index (χ0v) is 7.83. The minimum Gasteiger partial charge on any atom is -0.319 e. The summed E-state index contributed by atoms with van der Waals surface area (Å²) < 4.78 is 0. The molecule has 1 aliphatic rings. The molecular weight excluding hydrogens is 162 g/mol. The second-order valence-electron chi connectivity index (χ2n) is 3.75. The minimum atomic E-state index is -0.112. The van der Waals surface area contributed by atoms with E-state index < -0.39 is 0 Å². The van der Waals surface area contributed by atoms with Gasteiger partial charge in [-0.25, -0.2) is 5.43 Å². The molecule has 3 nitrogen and oxygen atoms in total. The maximum atomic E-state index is 4.39. The van der Waals surface area contributed by atoms with Crippen LogP contribution in [0.4, 0.5) is 11.4 Å². The quantitative estimate of drug-likeness (QED) is 0.633. The number of aliphatic imine (C=N–C) groups is 1. The second kappa shape index (κ2) is 2.85. The van der Waals surface area contributed by atoms with Gasteiger partial charge in [0.05, 0.1) is 16.9 Å². The topological polar surface area (TPSA) is 36.4 Å². The summed E-state index contributed by atoms with van der Waals surface area (Å²) in [6.07, 6.45) is 1.91. The highest BCUT2D eigenvalue weighted by Gasteiger charge is 2.17. The Morgan fingerprint density at radius 1 is 1.23 bits per heavy atom. The van der Waals surface area contributed by atoms with Crippen LogP contribution in [-0.2, 0) is 0 Å². The first kappa shape index (κ1) is 8.26.